The third kappa shape index (κ3) is 4.08. The molecule has 3 unspecified atom stereocenters. The van der Waals surface area contributed by atoms with E-state index in [-0.39, 0.29) is 12.1 Å². The largest absolute Gasteiger partial charge is 0.481 e. The van der Waals surface area contributed by atoms with Crippen molar-refractivity contribution in [1.82, 2.24) is 10.2 Å². The molecule has 1 aromatic rings. The molecule has 3 rings (SSSR count). The lowest BCUT2D eigenvalue weighted by atomic mass is 9.81. The van der Waals surface area contributed by atoms with Gasteiger partial charge in [0.25, 0.3) is 0 Å². The molecule has 0 aromatic heterocycles. The fourth-order valence-electron chi connectivity index (χ4n) is 3.96. The van der Waals surface area contributed by atoms with Crippen LogP contribution >= 0.6 is 0 Å². The number of carboxylic acids is 1. The number of carbonyl (C=O) groups is 2. The highest BCUT2D eigenvalue weighted by Crippen LogP contribution is 2.28. The van der Waals surface area contributed by atoms with Crippen LogP contribution < -0.4 is 5.32 Å². The summed E-state index contributed by atoms with van der Waals surface area (Å²) in [6.07, 6.45) is 6.06. The van der Waals surface area contributed by atoms with Crippen LogP contribution in [0.15, 0.2) is 30.3 Å². The van der Waals surface area contributed by atoms with Crippen LogP contribution in [0, 0.1) is 11.8 Å². The van der Waals surface area contributed by atoms with Crippen LogP contribution in [0.25, 0.3) is 0 Å². The smallest absolute Gasteiger partial charge is 0.317 e. The molecule has 5 heteroatoms. The maximum absolute atomic E-state index is 12.5. The third-order valence-electron chi connectivity index (χ3n) is 5.38. The number of aliphatic carboxylic acids is 1. The average molecular weight is 330 g/mol. The van der Waals surface area contributed by atoms with E-state index in [4.69, 9.17) is 5.11 Å². The molecule has 2 amide bonds. The molecule has 0 radical (unpaired) electrons. The molecule has 1 saturated heterocycles. The van der Waals surface area contributed by atoms with Gasteiger partial charge < -0.3 is 15.3 Å². The van der Waals surface area contributed by atoms with Gasteiger partial charge in [-0.15, -0.1) is 0 Å². The van der Waals surface area contributed by atoms with E-state index in [9.17, 15) is 9.59 Å². The van der Waals surface area contributed by atoms with Gasteiger partial charge in [0.2, 0.25) is 0 Å². The predicted octanol–water partition coefficient (Wildman–Crippen LogP) is 2.90. The summed E-state index contributed by atoms with van der Waals surface area (Å²) in [4.78, 5) is 25.2. The number of carbonyl (C=O) groups excluding carboxylic acids is 1. The molecule has 3 atom stereocenters. The Hall–Kier alpha value is -2.04. The van der Waals surface area contributed by atoms with Gasteiger partial charge in [-0.05, 0) is 37.2 Å². The Morgan fingerprint density at radius 3 is 2.58 bits per heavy atom. The molecule has 2 N–H and O–H groups in total. The summed E-state index contributed by atoms with van der Waals surface area (Å²) in [6, 6.07) is 10.5. The summed E-state index contributed by atoms with van der Waals surface area (Å²) in [6.45, 7) is 0.871. The summed E-state index contributed by atoms with van der Waals surface area (Å²) in [5, 5.41) is 12.3. The second-order valence-electron chi connectivity index (χ2n) is 7.06. The van der Waals surface area contributed by atoms with Crippen molar-refractivity contribution in [2.75, 3.05) is 13.1 Å². The normalized spacial score (nSPS) is 27.0. The molecule has 1 saturated carbocycles. The summed E-state index contributed by atoms with van der Waals surface area (Å²) in [5.41, 5.74) is 1.32. The number of nitrogens with one attached hydrogen (secondary N) is 1. The maximum Gasteiger partial charge on any atom is 0.317 e. The van der Waals surface area contributed by atoms with E-state index in [1.54, 1.807) is 4.90 Å². The molecular formula is C19H26N2O3. The van der Waals surface area contributed by atoms with Gasteiger partial charge in [-0.1, -0.05) is 43.2 Å². The van der Waals surface area contributed by atoms with Crippen LogP contribution in [-0.4, -0.2) is 41.1 Å². The van der Waals surface area contributed by atoms with E-state index in [1.165, 1.54) is 12.0 Å². The number of rotatable bonds is 4. The van der Waals surface area contributed by atoms with Crippen LogP contribution in [0.2, 0.25) is 0 Å². The standard InChI is InChI=1S/C19H26N2O3/c22-18(23)16-10-11-21(13-16)19(24)20-17-9-5-4-8-15(17)12-14-6-2-1-3-7-14/h1-3,6-7,15-17H,4-5,8-13H2,(H,20,24)(H,22,23). The van der Waals surface area contributed by atoms with Crippen molar-refractivity contribution in [2.24, 2.45) is 11.8 Å². The van der Waals surface area contributed by atoms with Gasteiger partial charge in [-0.2, -0.15) is 0 Å². The van der Waals surface area contributed by atoms with Crippen LogP contribution in [-0.2, 0) is 11.2 Å². The number of nitrogens with zero attached hydrogens (tertiary/aromatic N) is 1. The quantitative estimate of drug-likeness (QED) is 0.892. The van der Waals surface area contributed by atoms with Gasteiger partial charge in [0, 0.05) is 19.1 Å². The first kappa shape index (κ1) is 16.8. The summed E-state index contributed by atoms with van der Waals surface area (Å²) in [7, 11) is 0. The maximum atomic E-state index is 12.5. The zero-order chi connectivity index (χ0) is 16.9. The molecule has 24 heavy (non-hydrogen) atoms. The number of likely N-dealkylation sites (tertiary alicyclic amines) is 1. The number of benzene rings is 1. The van der Waals surface area contributed by atoms with Gasteiger partial charge in [-0.25, -0.2) is 4.79 Å². The van der Waals surface area contributed by atoms with E-state index in [0.29, 0.717) is 25.4 Å². The van der Waals surface area contributed by atoms with Crippen LogP contribution in [0.1, 0.15) is 37.7 Å². The van der Waals surface area contributed by atoms with Crippen molar-refractivity contribution in [3.05, 3.63) is 35.9 Å². The molecule has 0 bridgehead atoms. The zero-order valence-corrected chi connectivity index (χ0v) is 14.0. The van der Waals surface area contributed by atoms with E-state index >= 15 is 0 Å². The molecule has 2 aliphatic rings. The molecule has 130 valence electrons. The number of hydrogen-bond acceptors (Lipinski definition) is 2. The number of amides is 2. The number of hydrogen-bond donors (Lipinski definition) is 2. The van der Waals surface area contributed by atoms with Crippen molar-refractivity contribution in [3.63, 3.8) is 0 Å². The molecular weight excluding hydrogens is 304 g/mol. The minimum absolute atomic E-state index is 0.0938. The third-order valence-corrected chi connectivity index (χ3v) is 5.38. The fraction of sp³-hybridized carbons (Fsp3) is 0.579. The van der Waals surface area contributed by atoms with Crippen molar-refractivity contribution < 1.29 is 14.7 Å². The predicted molar refractivity (Wildman–Crippen MR) is 91.7 cm³/mol. The van der Waals surface area contributed by atoms with E-state index < -0.39 is 11.9 Å². The Kier molecular flexibility index (Phi) is 5.38. The van der Waals surface area contributed by atoms with Gasteiger partial charge in [0.15, 0.2) is 0 Å². The lowest BCUT2D eigenvalue weighted by molar-refractivity contribution is -0.141. The van der Waals surface area contributed by atoms with Crippen LogP contribution in [0.3, 0.4) is 0 Å². The minimum atomic E-state index is -0.801. The van der Waals surface area contributed by atoms with Gasteiger partial charge >= 0.3 is 12.0 Å². The highest BCUT2D eigenvalue weighted by atomic mass is 16.4. The molecule has 1 heterocycles. The summed E-state index contributed by atoms with van der Waals surface area (Å²) < 4.78 is 0. The monoisotopic (exact) mass is 330 g/mol. The Morgan fingerprint density at radius 2 is 1.88 bits per heavy atom. The van der Waals surface area contributed by atoms with Crippen LogP contribution in [0.4, 0.5) is 4.79 Å². The Balaban J connectivity index is 1.57. The first-order valence-electron chi connectivity index (χ1n) is 8.95. The molecule has 2 fully saturated rings. The first-order chi connectivity index (χ1) is 11.6. The second-order valence-corrected chi connectivity index (χ2v) is 7.06. The molecule has 1 aliphatic heterocycles. The van der Waals surface area contributed by atoms with Crippen LogP contribution in [0.5, 0.6) is 0 Å². The average Bonchev–Trinajstić information content (AvgIpc) is 3.08. The van der Waals surface area contributed by atoms with Gasteiger partial charge in [0.05, 0.1) is 5.92 Å². The number of urea groups is 1. The second kappa shape index (κ2) is 7.69. The van der Waals surface area contributed by atoms with E-state index in [1.807, 2.05) is 6.07 Å². The van der Waals surface area contributed by atoms with Crippen molar-refractivity contribution in [2.45, 2.75) is 44.6 Å². The Morgan fingerprint density at radius 1 is 1.12 bits per heavy atom. The summed E-state index contributed by atoms with van der Waals surface area (Å²) >= 11 is 0. The Bertz CT molecular complexity index is 575. The molecule has 5 nitrogen and oxygen atoms in total. The van der Waals surface area contributed by atoms with E-state index in [2.05, 4.69) is 29.6 Å². The molecule has 1 aliphatic carbocycles. The zero-order valence-electron chi connectivity index (χ0n) is 14.0. The van der Waals surface area contributed by atoms with Crippen molar-refractivity contribution >= 4 is 12.0 Å². The van der Waals surface area contributed by atoms with Gasteiger partial charge in [-0.3, -0.25) is 4.79 Å². The van der Waals surface area contributed by atoms with E-state index in [0.717, 1.165) is 25.7 Å². The minimum Gasteiger partial charge on any atom is -0.481 e. The van der Waals surface area contributed by atoms with Gasteiger partial charge in [0.1, 0.15) is 0 Å². The fourth-order valence-corrected chi connectivity index (χ4v) is 3.96. The lowest BCUT2D eigenvalue weighted by Gasteiger charge is -2.33. The lowest BCUT2D eigenvalue weighted by Crippen LogP contribution is -2.48. The summed E-state index contributed by atoms with van der Waals surface area (Å²) in [5.74, 6) is -0.755. The first-order valence-corrected chi connectivity index (χ1v) is 8.95. The SMILES string of the molecule is O=C(O)C1CCN(C(=O)NC2CCCCC2Cc2ccccc2)C1. The number of carboxylic acid groups (broad SMARTS) is 1. The molecule has 0 spiro atoms. The van der Waals surface area contributed by atoms with Crippen molar-refractivity contribution in [1.29, 1.82) is 0 Å². The van der Waals surface area contributed by atoms with Crippen molar-refractivity contribution in [3.8, 4) is 0 Å². The topological polar surface area (TPSA) is 69.6 Å². The highest BCUT2D eigenvalue weighted by molar-refractivity contribution is 5.77. The Labute approximate surface area is 143 Å². The highest BCUT2D eigenvalue weighted by Gasteiger charge is 2.33. The molecule has 1 aromatic carbocycles.